The lowest BCUT2D eigenvalue weighted by molar-refractivity contribution is 0.477. The van der Waals surface area contributed by atoms with Crippen LogP contribution in [0.25, 0.3) is 34.2 Å². The molecule has 0 bridgehead atoms. The molecule has 0 amide bonds. The van der Waals surface area contributed by atoms with Gasteiger partial charge in [0, 0.05) is 5.56 Å². The SMILES string of the molecule is NS(=O)(=O)c1cccc(-c2nc(-c3ccccc3O)nc(-c3ccccc3O)n2)c1. The van der Waals surface area contributed by atoms with Gasteiger partial charge >= 0.3 is 0 Å². The molecular formula is C21H16N4O4S. The van der Waals surface area contributed by atoms with E-state index in [9.17, 15) is 18.6 Å². The van der Waals surface area contributed by atoms with Crippen LogP contribution in [-0.4, -0.2) is 33.6 Å². The Morgan fingerprint density at radius 3 is 1.67 bits per heavy atom. The Bertz CT molecular complexity index is 1290. The van der Waals surface area contributed by atoms with Crippen LogP contribution in [0.4, 0.5) is 0 Å². The highest BCUT2D eigenvalue weighted by molar-refractivity contribution is 7.89. The zero-order valence-corrected chi connectivity index (χ0v) is 16.3. The lowest BCUT2D eigenvalue weighted by Crippen LogP contribution is -2.12. The van der Waals surface area contributed by atoms with Crippen LogP contribution in [-0.2, 0) is 10.0 Å². The van der Waals surface area contributed by atoms with E-state index in [0.717, 1.165) is 0 Å². The fourth-order valence-corrected chi connectivity index (χ4v) is 3.44. The Balaban J connectivity index is 1.98. The summed E-state index contributed by atoms with van der Waals surface area (Å²) < 4.78 is 23.5. The average molecular weight is 420 g/mol. The van der Waals surface area contributed by atoms with Crippen molar-refractivity contribution in [3.8, 4) is 45.7 Å². The van der Waals surface area contributed by atoms with Gasteiger partial charge in [0.25, 0.3) is 0 Å². The van der Waals surface area contributed by atoms with Crippen LogP contribution in [0.2, 0.25) is 0 Å². The van der Waals surface area contributed by atoms with Crippen LogP contribution in [0, 0.1) is 0 Å². The van der Waals surface area contributed by atoms with Crippen molar-refractivity contribution in [1.29, 1.82) is 0 Å². The summed E-state index contributed by atoms with van der Waals surface area (Å²) in [5.41, 5.74) is 1.11. The van der Waals surface area contributed by atoms with Crippen molar-refractivity contribution in [3.63, 3.8) is 0 Å². The summed E-state index contributed by atoms with van der Waals surface area (Å²) in [6, 6.07) is 18.9. The standard InChI is InChI=1S/C21H16N4O4S/c22-30(28,29)14-7-5-6-13(12-14)19-23-20(15-8-1-3-10-17(15)26)25-21(24-19)16-9-2-4-11-18(16)27/h1-12,26-27H,(H2,22,28,29). The van der Waals surface area contributed by atoms with Crippen molar-refractivity contribution in [2.75, 3.05) is 0 Å². The molecule has 0 aliphatic rings. The number of hydrogen-bond acceptors (Lipinski definition) is 7. The molecule has 3 aromatic carbocycles. The highest BCUT2D eigenvalue weighted by atomic mass is 32.2. The summed E-state index contributed by atoms with van der Waals surface area (Å²) in [7, 11) is -3.92. The number of phenols is 2. The Kier molecular flexibility index (Phi) is 4.90. The van der Waals surface area contributed by atoms with E-state index in [4.69, 9.17) is 5.14 Å². The number of aromatic hydroxyl groups is 2. The molecule has 30 heavy (non-hydrogen) atoms. The van der Waals surface area contributed by atoms with Gasteiger partial charge in [-0.15, -0.1) is 0 Å². The minimum absolute atomic E-state index is 0.0313. The Morgan fingerprint density at radius 1 is 0.667 bits per heavy atom. The number of para-hydroxylation sites is 2. The molecule has 4 rings (SSSR count). The number of hydrogen-bond donors (Lipinski definition) is 3. The molecule has 0 saturated heterocycles. The van der Waals surface area contributed by atoms with E-state index in [1.807, 2.05) is 0 Å². The maximum atomic E-state index is 11.7. The largest absolute Gasteiger partial charge is 0.507 e. The summed E-state index contributed by atoms with van der Waals surface area (Å²) in [5.74, 6) is 0.425. The number of rotatable bonds is 4. The van der Waals surface area contributed by atoms with Gasteiger partial charge in [-0.25, -0.2) is 28.5 Å². The third-order valence-electron chi connectivity index (χ3n) is 4.35. The number of nitrogens with zero attached hydrogens (tertiary/aromatic N) is 3. The van der Waals surface area contributed by atoms with Gasteiger partial charge < -0.3 is 10.2 Å². The van der Waals surface area contributed by atoms with Gasteiger partial charge in [-0.05, 0) is 36.4 Å². The van der Waals surface area contributed by atoms with E-state index < -0.39 is 10.0 Å². The normalized spacial score (nSPS) is 11.4. The Hall–Kier alpha value is -3.82. The summed E-state index contributed by atoms with van der Waals surface area (Å²) in [4.78, 5) is 13.1. The molecule has 8 nitrogen and oxygen atoms in total. The van der Waals surface area contributed by atoms with Crippen LogP contribution in [0.5, 0.6) is 11.5 Å². The lowest BCUT2D eigenvalue weighted by atomic mass is 10.1. The zero-order valence-electron chi connectivity index (χ0n) is 15.5. The molecule has 0 aliphatic carbocycles. The third-order valence-corrected chi connectivity index (χ3v) is 5.26. The van der Waals surface area contributed by atoms with Crippen molar-refractivity contribution in [3.05, 3.63) is 72.8 Å². The molecule has 0 spiro atoms. The second kappa shape index (κ2) is 7.54. The monoisotopic (exact) mass is 420 g/mol. The van der Waals surface area contributed by atoms with E-state index >= 15 is 0 Å². The van der Waals surface area contributed by atoms with E-state index in [0.29, 0.717) is 16.7 Å². The molecule has 1 aromatic heterocycles. The molecular weight excluding hydrogens is 404 g/mol. The molecule has 150 valence electrons. The minimum Gasteiger partial charge on any atom is -0.507 e. The minimum atomic E-state index is -3.92. The van der Waals surface area contributed by atoms with E-state index in [1.165, 1.54) is 30.3 Å². The number of benzene rings is 3. The van der Waals surface area contributed by atoms with E-state index in [2.05, 4.69) is 15.0 Å². The van der Waals surface area contributed by atoms with Crippen molar-refractivity contribution in [1.82, 2.24) is 15.0 Å². The molecule has 4 N–H and O–H groups in total. The van der Waals surface area contributed by atoms with Gasteiger partial charge in [0.1, 0.15) is 11.5 Å². The molecule has 4 aromatic rings. The number of aromatic nitrogens is 3. The fraction of sp³-hybridized carbons (Fsp3) is 0. The van der Waals surface area contributed by atoms with Crippen LogP contribution >= 0.6 is 0 Å². The second-order valence-electron chi connectivity index (χ2n) is 6.41. The number of phenolic OH excluding ortho intramolecular Hbond substituents is 2. The number of nitrogens with two attached hydrogens (primary N) is 1. The molecule has 0 fully saturated rings. The van der Waals surface area contributed by atoms with Crippen LogP contribution in [0.3, 0.4) is 0 Å². The van der Waals surface area contributed by atoms with Crippen LogP contribution < -0.4 is 5.14 Å². The third kappa shape index (κ3) is 3.84. The quantitative estimate of drug-likeness (QED) is 0.461. The van der Waals surface area contributed by atoms with Crippen molar-refractivity contribution in [2.24, 2.45) is 5.14 Å². The van der Waals surface area contributed by atoms with Gasteiger partial charge in [-0.2, -0.15) is 0 Å². The van der Waals surface area contributed by atoms with Gasteiger partial charge in [0.2, 0.25) is 10.0 Å². The highest BCUT2D eigenvalue weighted by Gasteiger charge is 2.17. The van der Waals surface area contributed by atoms with Crippen LogP contribution in [0.15, 0.2) is 77.7 Å². The Labute approximate surface area is 172 Å². The van der Waals surface area contributed by atoms with E-state index in [1.54, 1.807) is 42.5 Å². The van der Waals surface area contributed by atoms with E-state index in [-0.39, 0.29) is 33.9 Å². The maximum absolute atomic E-state index is 11.7. The first-order valence-electron chi connectivity index (χ1n) is 8.79. The predicted molar refractivity (Wildman–Crippen MR) is 111 cm³/mol. The first kappa shape index (κ1) is 19.5. The maximum Gasteiger partial charge on any atom is 0.238 e. The first-order valence-corrected chi connectivity index (χ1v) is 10.3. The Morgan fingerprint density at radius 2 is 1.17 bits per heavy atom. The summed E-state index contributed by atoms with van der Waals surface area (Å²) in [6.45, 7) is 0. The first-order chi connectivity index (χ1) is 14.3. The number of primary sulfonamides is 1. The zero-order chi connectivity index (χ0) is 21.3. The molecule has 0 saturated carbocycles. The molecule has 0 aliphatic heterocycles. The van der Waals surface area contributed by atoms with Crippen molar-refractivity contribution < 1.29 is 18.6 Å². The lowest BCUT2D eigenvalue weighted by Gasteiger charge is -2.10. The van der Waals surface area contributed by atoms with Gasteiger partial charge in [-0.1, -0.05) is 36.4 Å². The molecule has 1 heterocycles. The predicted octanol–water partition coefficient (Wildman–Crippen LogP) is 2.93. The smallest absolute Gasteiger partial charge is 0.238 e. The summed E-state index contributed by atoms with van der Waals surface area (Å²) in [5, 5.41) is 25.7. The highest BCUT2D eigenvalue weighted by Crippen LogP contribution is 2.32. The van der Waals surface area contributed by atoms with Gasteiger partial charge in [0.05, 0.1) is 16.0 Å². The van der Waals surface area contributed by atoms with Gasteiger partial charge in [-0.3, -0.25) is 0 Å². The molecule has 9 heteroatoms. The molecule has 0 unspecified atom stereocenters. The van der Waals surface area contributed by atoms with Crippen LogP contribution in [0.1, 0.15) is 0 Å². The second-order valence-corrected chi connectivity index (χ2v) is 7.97. The number of sulfonamides is 1. The topological polar surface area (TPSA) is 139 Å². The summed E-state index contributed by atoms with van der Waals surface area (Å²) >= 11 is 0. The van der Waals surface area contributed by atoms with Crippen molar-refractivity contribution in [2.45, 2.75) is 4.90 Å². The molecule has 0 atom stereocenters. The van der Waals surface area contributed by atoms with Gasteiger partial charge in [0.15, 0.2) is 17.5 Å². The average Bonchev–Trinajstić information content (AvgIpc) is 2.73. The summed E-state index contributed by atoms with van der Waals surface area (Å²) in [6.07, 6.45) is 0. The van der Waals surface area contributed by atoms with Crippen molar-refractivity contribution >= 4 is 10.0 Å². The molecule has 0 radical (unpaired) electrons. The fourth-order valence-electron chi connectivity index (χ4n) is 2.88.